The van der Waals surface area contributed by atoms with E-state index in [1.165, 1.54) is 4.88 Å². The highest BCUT2D eigenvalue weighted by atomic mass is 35.5. The number of hydrogen-bond donors (Lipinski definition) is 0. The summed E-state index contributed by atoms with van der Waals surface area (Å²) in [5.41, 5.74) is 1.07. The first kappa shape index (κ1) is 14.1. The summed E-state index contributed by atoms with van der Waals surface area (Å²) in [6, 6.07) is 16.2. The molecule has 1 unspecified atom stereocenters. The van der Waals surface area contributed by atoms with Gasteiger partial charge in [-0.15, -0.1) is 11.3 Å². The quantitative estimate of drug-likeness (QED) is 0.827. The molecule has 0 aliphatic heterocycles. The van der Waals surface area contributed by atoms with Gasteiger partial charge in [-0.05, 0) is 24.7 Å². The third kappa shape index (κ3) is 4.07. The van der Waals surface area contributed by atoms with Gasteiger partial charge in [-0.2, -0.15) is 5.26 Å². The molecule has 2 aromatic rings. The predicted molar refractivity (Wildman–Crippen MR) is 80.5 cm³/mol. The molecular weight excluding hydrogens is 276 g/mol. The van der Waals surface area contributed by atoms with Crippen molar-refractivity contribution >= 4 is 22.9 Å². The highest BCUT2D eigenvalue weighted by Crippen LogP contribution is 2.23. The van der Waals surface area contributed by atoms with Crippen molar-refractivity contribution in [1.82, 2.24) is 4.90 Å². The van der Waals surface area contributed by atoms with Crippen LogP contribution in [0, 0.1) is 11.3 Å². The third-order valence-corrected chi connectivity index (χ3v) is 4.12. The van der Waals surface area contributed by atoms with Crippen LogP contribution < -0.4 is 0 Å². The Hall–Kier alpha value is -1.34. The molecule has 0 N–H and O–H groups in total. The number of halogens is 1. The number of nitriles is 1. The predicted octanol–water partition coefficient (Wildman–Crippen LogP) is 4.14. The van der Waals surface area contributed by atoms with E-state index in [-0.39, 0.29) is 5.92 Å². The lowest BCUT2D eigenvalue weighted by Gasteiger charge is -2.19. The van der Waals surface area contributed by atoms with E-state index in [1.54, 1.807) is 11.3 Å². The van der Waals surface area contributed by atoms with E-state index in [0.29, 0.717) is 0 Å². The lowest BCUT2D eigenvalue weighted by molar-refractivity contribution is 0.323. The van der Waals surface area contributed by atoms with Crippen molar-refractivity contribution in [3.05, 3.63) is 57.2 Å². The van der Waals surface area contributed by atoms with Gasteiger partial charge in [-0.1, -0.05) is 41.9 Å². The Balaban J connectivity index is 1.97. The number of hydrogen-bond acceptors (Lipinski definition) is 3. The van der Waals surface area contributed by atoms with Gasteiger partial charge in [0.05, 0.1) is 16.3 Å². The molecule has 0 bridgehead atoms. The van der Waals surface area contributed by atoms with Gasteiger partial charge in [0.2, 0.25) is 0 Å². The summed E-state index contributed by atoms with van der Waals surface area (Å²) in [5, 5.41) is 9.30. The third-order valence-electron chi connectivity index (χ3n) is 2.91. The topological polar surface area (TPSA) is 27.0 Å². The number of rotatable bonds is 5. The van der Waals surface area contributed by atoms with Crippen molar-refractivity contribution in [2.45, 2.75) is 12.5 Å². The normalized spacial score (nSPS) is 12.3. The molecule has 0 radical (unpaired) electrons. The maximum Gasteiger partial charge on any atom is 0.0931 e. The Bertz CT molecular complexity index is 559. The van der Waals surface area contributed by atoms with Crippen LogP contribution in [0.3, 0.4) is 0 Å². The van der Waals surface area contributed by atoms with Crippen molar-refractivity contribution in [2.75, 3.05) is 13.6 Å². The van der Waals surface area contributed by atoms with Crippen molar-refractivity contribution < 1.29 is 0 Å². The Labute approximate surface area is 122 Å². The fourth-order valence-electron chi connectivity index (χ4n) is 1.99. The molecular formula is C15H15ClN2S. The lowest BCUT2D eigenvalue weighted by Crippen LogP contribution is -2.23. The molecule has 1 heterocycles. The van der Waals surface area contributed by atoms with Crippen LogP contribution in [-0.4, -0.2) is 18.5 Å². The van der Waals surface area contributed by atoms with E-state index in [4.69, 9.17) is 11.6 Å². The number of nitrogens with zero attached hydrogens (tertiary/aromatic N) is 2. The molecule has 0 amide bonds. The second-order valence-corrected chi connectivity index (χ2v) is 6.29. The van der Waals surface area contributed by atoms with Gasteiger partial charge in [0, 0.05) is 18.0 Å². The first-order valence-electron chi connectivity index (χ1n) is 6.06. The maximum atomic E-state index is 9.30. The highest BCUT2D eigenvalue weighted by Gasteiger charge is 2.13. The van der Waals surface area contributed by atoms with Crippen LogP contribution in [0.2, 0.25) is 4.34 Å². The van der Waals surface area contributed by atoms with E-state index in [2.05, 4.69) is 11.0 Å². The van der Waals surface area contributed by atoms with E-state index in [1.807, 2.05) is 49.5 Å². The van der Waals surface area contributed by atoms with Crippen molar-refractivity contribution in [1.29, 1.82) is 5.26 Å². The van der Waals surface area contributed by atoms with Gasteiger partial charge >= 0.3 is 0 Å². The molecule has 2 rings (SSSR count). The molecule has 0 saturated heterocycles. The first-order valence-corrected chi connectivity index (χ1v) is 7.26. The van der Waals surface area contributed by atoms with Gasteiger partial charge in [0.15, 0.2) is 0 Å². The zero-order chi connectivity index (χ0) is 13.7. The van der Waals surface area contributed by atoms with Crippen LogP contribution in [0.25, 0.3) is 0 Å². The van der Waals surface area contributed by atoms with Crippen LogP contribution >= 0.6 is 22.9 Å². The van der Waals surface area contributed by atoms with Crippen molar-refractivity contribution in [3.63, 3.8) is 0 Å². The van der Waals surface area contributed by atoms with Crippen molar-refractivity contribution in [3.8, 4) is 6.07 Å². The second kappa shape index (κ2) is 6.72. The zero-order valence-corrected chi connectivity index (χ0v) is 12.3. The zero-order valence-electron chi connectivity index (χ0n) is 10.7. The van der Waals surface area contributed by atoms with Gasteiger partial charge in [0.25, 0.3) is 0 Å². The Kier molecular flexibility index (Phi) is 4.98. The summed E-state index contributed by atoms with van der Waals surface area (Å²) < 4.78 is 0.809. The molecule has 2 nitrogen and oxygen atoms in total. The summed E-state index contributed by atoms with van der Waals surface area (Å²) in [6.07, 6.45) is 0. The molecule has 1 atom stereocenters. The van der Waals surface area contributed by atoms with E-state index in [9.17, 15) is 5.26 Å². The van der Waals surface area contributed by atoms with Crippen LogP contribution in [0.1, 0.15) is 16.4 Å². The van der Waals surface area contributed by atoms with Crippen LogP contribution in [0.5, 0.6) is 0 Å². The van der Waals surface area contributed by atoms with Crippen LogP contribution in [0.15, 0.2) is 42.5 Å². The maximum absolute atomic E-state index is 9.30. The van der Waals surface area contributed by atoms with E-state index < -0.39 is 0 Å². The molecule has 0 aliphatic rings. The summed E-state index contributed by atoms with van der Waals surface area (Å²) in [5.74, 6) is -0.0957. The largest absolute Gasteiger partial charge is 0.300 e. The fourth-order valence-corrected chi connectivity index (χ4v) is 3.15. The molecule has 98 valence electrons. The molecule has 1 aromatic heterocycles. The minimum absolute atomic E-state index is 0.0957. The summed E-state index contributed by atoms with van der Waals surface area (Å²) in [4.78, 5) is 3.38. The van der Waals surface area contributed by atoms with Crippen molar-refractivity contribution in [2.24, 2.45) is 0 Å². The summed E-state index contributed by atoms with van der Waals surface area (Å²) >= 11 is 7.51. The standard InChI is InChI=1S/C15H15ClN2S/c1-18(11-14-7-8-15(16)19-14)10-13(9-17)12-5-3-2-4-6-12/h2-8,13H,10-11H2,1H3. The second-order valence-electron chi connectivity index (χ2n) is 4.49. The van der Waals surface area contributed by atoms with Gasteiger partial charge < -0.3 is 0 Å². The molecule has 0 saturated carbocycles. The first-order chi connectivity index (χ1) is 9.19. The average Bonchev–Trinajstić information content (AvgIpc) is 2.82. The molecule has 0 fully saturated rings. The smallest absolute Gasteiger partial charge is 0.0931 e. The van der Waals surface area contributed by atoms with Crippen LogP contribution in [-0.2, 0) is 6.54 Å². The number of thiophene rings is 1. The lowest BCUT2D eigenvalue weighted by atomic mass is 10.0. The Morgan fingerprint density at radius 3 is 2.58 bits per heavy atom. The molecule has 1 aromatic carbocycles. The van der Waals surface area contributed by atoms with Crippen LogP contribution in [0.4, 0.5) is 0 Å². The highest BCUT2D eigenvalue weighted by molar-refractivity contribution is 7.16. The minimum Gasteiger partial charge on any atom is -0.300 e. The summed E-state index contributed by atoms with van der Waals surface area (Å²) in [6.45, 7) is 1.54. The average molecular weight is 291 g/mol. The van der Waals surface area contributed by atoms with E-state index in [0.717, 1.165) is 23.0 Å². The van der Waals surface area contributed by atoms with Gasteiger partial charge in [-0.25, -0.2) is 0 Å². The Morgan fingerprint density at radius 2 is 2.00 bits per heavy atom. The molecule has 0 spiro atoms. The minimum atomic E-state index is -0.0957. The molecule has 0 aliphatic carbocycles. The number of likely N-dealkylation sites (N-methyl/N-ethyl adjacent to an activating group) is 1. The van der Waals surface area contributed by atoms with E-state index >= 15 is 0 Å². The number of benzene rings is 1. The van der Waals surface area contributed by atoms with Gasteiger partial charge in [0.1, 0.15) is 0 Å². The monoisotopic (exact) mass is 290 g/mol. The molecule has 4 heteroatoms. The SMILES string of the molecule is CN(Cc1ccc(Cl)s1)CC(C#N)c1ccccc1. The van der Waals surface area contributed by atoms with Gasteiger partial charge in [-0.3, -0.25) is 4.90 Å². The Morgan fingerprint density at radius 1 is 1.26 bits per heavy atom. The molecule has 19 heavy (non-hydrogen) atoms. The fraction of sp³-hybridized carbons (Fsp3) is 0.267. The summed E-state index contributed by atoms with van der Waals surface area (Å²) in [7, 11) is 2.03.